The number of rotatable bonds is 19. The predicted octanol–water partition coefficient (Wildman–Crippen LogP) is -4.40. The summed E-state index contributed by atoms with van der Waals surface area (Å²) in [5, 5.41) is 57.4. The minimum atomic E-state index is -2.02. The summed E-state index contributed by atoms with van der Waals surface area (Å²) in [5.41, 5.74) is 0. The van der Waals surface area contributed by atoms with E-state index < -0.39 is 68.1 Å². The molecule has 0 saturated heterocycles. The Morgan fingerprint density at radius 1 is 0.839 bits per heavy atom. The fourth-order valence-electron chi connectivity index (χ4n) is 2.01. The van der Waals surface area contributed by atoms with Crippen molar-refractivity contribution in [2.75, 3.05) is 52.9 Å². The van der Waals surface area contributed by atoms with Crippen molar-refractivity contribution in [3.63, 3.8) is 0 Å². The lowest BCUT2D eigenvalue weighted by atomic mass is 10.0. The van der Waals surface area contributed by atoms with Crippen molar-refractivity contribution in [2.24, 2.45) is 0 Å². The van der Waals surface area contributed by atoms with Gasteiger partial charge in [0.25, 0.3) is 0 Å². The van der Waals surface area contributed by atoms with Crippen LogP contribution < -0.4 is 5.32 Å². The third-order valence-corrected chi connectivity index (χ3v) is 3.62. The van der Waals surface area contributed by atoms with E-state index >= 15 is 0 Å². The van der Waals surface area contributed by atoms with Gasteiger partial charge in [0, 0.05) is 0 Å². The number of aliphatic hydroxyl groups is 5. The number of carboxylic acids is 1. The summed E-state index contributed by atoms with van der Waals surface area (Å²) >= 11 is 0. The molecule has 0 rings (SSSR count). The Morgan fingerprint density at radius 3 is 1.97 bits per heavy atom. The molecule has 14 heteroatoms. The lowest BCUT2D eigenvalue weighted by Crippen LogP contribution is -2.49. The maximum absolute atomic E-state index is 11.7. The third kappa shape index (κ3) is 14.0. The van der Waals surface area contributed by atoms with Gasteiger partial charge in [-0.2, -0.15) is 0 Å². The second-order valence-corrected chi connectivity index (χ2v) is 6.27. The Hall–Kier alpha value is -1.75. The summed E-state index contributed by atoms with van der Waals surface area (Å²) in [4.78, 5) is 33.5. The number of carboxylic acid groups (broad SMARTS) is 1. The van der Waals surface area contributed by atoms with E-state index in [0.717, 1.165) is 0 Å². The second kappa shape index (κ2) is 16.9. The van der Waals surface area contributed by atoms with Gasteiger partial charge in [-0.3, -0.25) is 9.59 Å². The minimum absolute atomic E-state index is 0.0222. The highest BCUT2D eigenvalue weighted by Crippen LogP contribution is 2.06. The quantitative estimate of drug-likeness (QED) is 0.0720. The van der Waals surface area contributed by atoms with Crippen molar-refractivity contribution in [3.05, 3.63) is 0 Å². The highest BCUT2D eigenvalue weighted by atomic mass is 16.5. The number of ether oxygens (including phenoxy) is 4. The second-order valence-electron chi connectivity index (χ2n) is 6.27. The number of ketones is 1. The first-order valence-electron chi connectivity index (χ1n) is 9.32. The Kier molecular flexibility index (Phi) is 15.9. The van der Waals surface area contributed by atoms with Gasteiger partial charge in [-0.1, -0.05) is 0 Å². The Bertz CT molecular complexity index is 532. The van der Waals surface area contributed by atoms with Crippen molar-refractivity contribution in [1.29, 1.82) is 0 Å². The van der Waals surface area contributed by atoms with Gasteiger partial charge in [0.15, 0.2) is 5.78 Å². The van der Waals surface area contributed by atoms with Crippen LogP contribution in [0.4, 0.5) is 0 Å². The van der Waals surface area contributed by atoms with Crippen molar-refractivity contribution < 1.29 is 64.0 Å². The lowest BCUT2D eigenvalue weighted by Gasteiger charge is -2.24. The van der Waals surface area contributed by atoms with Gasteiger partial charge < -0.3 is 54.9 Å². The SMILES string of the molecule is CC(NC(=O)COCCOCC(=O)O)OCCOCC(=O)C(O)C(O)C(O)C(O)CO. The van der Waals surface area contributed by atoms with E-state index in [4.69, 9.17) is 29.2 Å². The molecule has 1 amide bonds. The molecule has 0 aliphatic carbocycles. The summed E-state index contributed by atoms with van der Waals surface area (Å²) in [6, 6.07) is 0. The van der Waals surface area contributed by atoms with E-state index in [1.807, 2.05) is 0 Å². The standard InChI is InChI=1S/C17H31NO13/c1-10(18-13(22)8-29-2-3-30-9-14(23)24)31-5-4-28-7-12(21)16(26)17(27)15(25)11(20)6-19/h10-11,15-17,19-20,25-27H,2-9H2,1H3,(H,18,22)(H,23,24). The number of nitrogens with one attached hydrogen (secondary N) is 1. The molecule has 5 unspecified atom stereocenters. The van der Waals surface area contributed by atoms with E-state index in [9.17, 15) is 34.8 Å². The normalized spacial score (nSPS) is 16.2. The van der Waals surface area contributed by atoms with E-state index in [1.54, 1.807) is 0 Å². The van der Waals surface area contributed by atoms with Gasteiger partial charge >= 0.3 is 5.97 Å². The summed E-state index contributed by atoms with van der Waals surface area (Å²) < 4.78 is 19.9. The molecule has 0 bridgehead atoms. The van der Waals surface area contributed by atoms with E-state index in [0.29, 0.717) is 0 Å². The first kappa shape index (κ1) is 29.2. The summed E-state index contributed by atoms with van der Waals surface area (Å²) in [5.74, 6) is -2.55. The maximum Gasteiger partial charge on any atom is 0.329 e. The first-order chi connectivity index (χ1) is 14.6. The van der Waals surface area contributed by atoms with Crippen LogP contribution in [-0.4, -0.2) is 132 Å². The first-order valence-corrected chi connectivity index (χ1v) is 9.32. The van der Waals surface area contributed by atoms with Crippen molar-refractivity contribution >= 4 is 17.7 Å². The molecule has 0 fully saturated rings. The largest absolute Gasteiger partial charge is 0.480 e. The fraction of sp³-hybridized carbons (Fsp3) is 0.824. The molecule has 0 aliphatic heterocycles. The van der Waals surface area contributed by atoms with E-state index in [1.165, 1.54) is 6.92 Å². The Morgan fingerprint density at radius 2 is 1.39 bits per heavy atom. The van der Waals surface area contributed by atoms with Crippen LogP contribution in [-0.2, 0) is 33.3 Å². The topological polar surface area (TPSA) is 222 Å². The van der Waals surface area contributed by atoms with Gasteiger partial charge in [0.1, 0.15) is 50.5 Å². The van der Waals surface area contributed by atoms with Crippen LogP contribution in [0.15, 0.2) is 0 Å². The van der Waals surface area contributed by atoms with Gasteiger partial charge in [-0.05, 0) is 6.92 Å². The predicted molar refractivity (Wildman–Crippen MR) is 99.8 cm³/mol. The van der Waals surface area contributed by atoms with Crippen molar-refractivity contribution in [2.45, 2.75) is 37.6 Å². The van der Waals surface area contributed by atoms with Gasteiger partial charge in [-0.15, -0.1) is 0 Å². The van der Waals surface area contributed by atoms with Crippen LogP contribution in [0.2, 0.25) is 0 Å². The van der Waals surface area contributed by atoms with Crippen LogP contribution in [0.5, 0.6) is 0 Å². The molecule has 0 aromatic heterocycles. The average Bonchev–Trinajstić information content (AvgIpc) is 2.73. The van der Waals surface area contributed by atoms with Crippen LogP contribution in [0, 0.1) is 0 Å². The highest BCUT2D eigenvalue weighted by molar-refractivity contribution is 5.84. The molecule has 0 aromatic rings. The van der Waals surface area contributed by atoms with E-state index in [2.05, 4.69) is 5.32 Å². The monoisotopic (exact) mass is 457 g/mol. The molecule has 182 valence electrons. The molecule has 5 atom stereocenters. The molecule has 0 saturated carbocycles. The number of Topliss-reactive ketones (excluding diaryl/α,β-unsaturated/α-hetero) is 1. The zero-order chi connectivity index (χ0) is 23.8. The van der Waals surface area contributed by atoms with Crippen LogP contribution in [0.3, 0.4) is 0 Å². The van der Waals surface area contributed by atoms with Crippen LogP contribution in [0.25, 0.3) is 0 Å². The number of aliphatic hydroxyl groups excluding tert-OH is 5. The molecule has 0 radical (unpaired) electrons. The number of hydrogen-bond acceptors (Lipinski definition) is 12. The van der Waals surface area contributed by atoms with Crippen molar-refractivity contribution in [1.82, 2.24) is 5.32 Å². The van der Waals surface area contributed by atoms with Crippen molar-refractivity contribution in [3.8, 4) is 0 Å². The zero-order valence-electron chi connectivity index (χ0n) is 17.1. The molecular weight excluding hydrogens is 426 g/mol. The molecule has 31 heavy (non-hydrogen) atoms. The summed E-state index contributed by atoms with van der Waals surface area (Å²) in [6.45, 7) is -0.738. The molecule has 14 nitrogen and oxygen atoms in total. The number of carbonyl (C=O) groups excluding carboxylic acids is 2. The summed E-state index contributed by atoms with van der Waals surface area (Å²) in [6.07, 6.45) is -8.38. The number of aliphatic carboxylic acids is 1. The number of amides is 1. The van der Waals surface area contributed by atoms with Crippen LogP contribution >= 0.6 is 0 Å². The Labute approximate surface area is 178 Å². The molecule has 0 heterocycles. The lowest BCUT2D eigenvalue weighted by molar-refractivity contribution is -0.151. The molecule has 7 N–H and O–H groups in total. The molecular formula is C17H31NO13. The number of carbonyl (C=O) groups is 3. The third-order valence-electron chi connectivity index (χ3n) is 3.62. The van der Waals surface area contributed by atoms with Gasteiger partial charge in [-0.25, -0.2) is 4.79 Å². The molecule has 0 aromatic carbocycles. The van der Waals surface area contributed by atoms with Crippen LogP contribution in [0.1, 0.15) is 6.92 Å². The summed E-state index contributed by atoms with van der Waals surface area (Å²) in [7, 11) is 0. The van der Waals surface area contributed by atoms with E-state index in [-0.39, 0.29) is 33.0 Å². The van der Waals surface area contributed by atoms with Gasteiger partial charge in [0.2, 0.25) is 5.91 Å². The maximum atomic E-state index is 11.7. The Balaban J connectivity index is 3.86. The number of hydrogen-bond donors (Lipinski definition) is 7. The average molecular weight is 457 g/mol. The van der Waals surface area contributed by atoms with Gasteiger partial charge in [0.05, 0.1) is 33.0 Å². The molecule has 0 spiro atoms. The fourth-order valence-corrected chi connectivity index (χ4v) is 2.01. The minimum Gasteiger partial charge on any atom is -0.480 e. The highest BCUT2D eigenvalue weighted by Gasteiger charge is 2.33. The smallest absolute Gasteiger partial charge is 0.329 e. The molecule has 0 aliphatic rings. The zero-order valence-corrected chi connectivity index (χ0v) is 17.1.